The van der Waals surface area contributed by atoms with Gasteiger partial charge in [0.05, 0.1) is 6.20 Å². The SMILES string of the molecule is Cc1cccc(Nc2ncnc3cnc(NCc4ccccc4)nc23)c1. The maximum atomic E-state index is 4.60. The Kier molecular flexibility index (Phi) is 4.38. The number of nitrogens with zero attached hydrogens (tertiary/aromatic N) is 4. The first-order valence-corrected chi connectivity index (χ1v) is 8.37. The average molecular weight is 342 g/mol. The summed E-state index contributed by atoms with van der Waals surface area (Å²) in [5.41, 5.74) is 4.68. The zero-order chi connectivity index (χ0) is 17.8. The molecule has 2 N–H and O–H groups in total. The molecule has 4 rings (SSSR count). The van der Waals surface area contributed by atoms with Crippen LogP contribution in [-0.4, -0.2) is 19.9 Å². The van der Waals surface area contributed by atoms with E-state index in [0.717, 1.165) is 5.69 Å². The van der Waals surface area contributed by atoms with Gasteiger partial charge in [0.15, 0.2) is 5.82 Å². The summed E-state index contributed by atoms with van der Waals surface area (Å²) in [6.07, 6.45) is 3.22. The van der Waals surface area contributed by atoms with E-state index in [0.29, 0.717) is 29.3 Å². The van der Waals surface area contributed by atoms with Gasteiger partial charge in [0.25, 0.3) is 0 Å². The van der Waals surface area contributed by atoms with Crippen molar-refractivity contribution in [3.8, 4) is 0 Å². The van der Waals surface area contributed by atoms with E-state index in [9.17, 15) is 0 Å². The summed E-state index contributed by atoms with van der Waals surface area (Å²) in [4.78, 5) is 17.6. The Labute approximate surface area is 151 Å². The van der Waals surface area contributed by atoms with Crippen LogP contribution in [-0.2, 0) is 6.54 Å². The fourth-order valence-electron chi connectivity index (χ4n) is 2.67. The van der Waals surface area contributed by atoms with Crippen LogP contribution in [0.2, 0.25) is 0 Å². The van der Waals surface area contributed by atoms with E-state index in [-0.39, 0.29) is 0 Å². The Morgan fingerprint density at radius 3 is 2.65 bits per heavy atom. The van der Waals surface area contributed by atoms with E-state index in [1.54, 1.807) is 6.20 Å². The summed E-state index contributed by atoms with van der Waals surface area (Å²) in [7, 11) is 0. The lowest BCUT2D eigenvalue weighted by Crippen LogP contribution is -2.05. The lowest BCUT2D eigenvalue weighted by Gasteiger charge is -2.10. The number of aryl methyl sites for hydroxylation is 1. The van der Waals surface area contributed by atoms with Crippen molar-refractivity contribution in [1.29, 1.82) is 0 Å². The Balaban J connectivity index is 1.61. The zero-order valence-corrected chi connectivity index (χ0v) is 14.3. The van der Waals surface area contributed by atoms with E-state index in [4.69, 9.17) is 0 Å². The second-order valence-electron chi connectivity index (χ2n) is 5.98. The Morgan fingerprint density at radius 1 is 0.923 bits per heavy atom. The predicted molar refractivity (Wildman–Crippen MR) is 103 cm³/mol. The third kappa shape index (κ3) is 3.59. The molecule has 0 fully saturated rings. The summed E-state index contributed by atoms with van der Waals surface area (Å²) in [5, 5.41) is 6.57. The highest BCUT2D eigenvalue weighted by atomic mass is 15.1. The Bertz CT molecular complexity index is 1030. The zero-order valence-electron chi connectivity index (χ0n) is 14.3. The first-order chi connectivity index (χ1) is 12.8. The van der Waals surface area contributed by atoms with Crippen LogP contribution in [0.25, 0.3) is 11.0 Å². The molecular weight excluding hydrogens is 324 g/mol. The number of hydrogen-bond acceptors (Lipinski definition) is 6. The van der Waals surface area contributed by atoms with Gasteiger partial charge in [-0.25, -0.2) is 19.9 Å². The van der Waals surface area contributed by atoms with Crippen LogP contribution in [0.1, 0.15) is 11.1 Å². The van der Waals surface area contributed by atoms with Gasteiger partial charge < -0.3 is 10.6 Å². The highest BCUT2D eigenvalue weighted by Crippen LogP contribution is 2.22. The molecule has 2 aromatic carbocycles. The molecule has 0 unspecified atom stereocenters. The molecule has 0 aliphatic heterocycles. The van der Waals surface area contributed by atoms with Crippen LogP contribution in [0, 0.1) is 6.92 Å². The second kappa shape index (κ2) is 7.14. The average Bonchev–Trinajstić information content (AvgIpc) is 2.67. The molecule has 4 aromatic rings. The van der Waals surface area contributed by atoms with Gasteiger partial charge in [0.2, 0.25) is 5.95 Å². The van der Waals surface area contributed by atoms with Gasteiger partial charge in [-0.1, -0.05) is 42.5 Å². The minimum atomic E-state index is 0.545. The molecule has 0 radical (unpaired) electrons. The molecule has 0 bridgehead atoms. The number of anilines is 3. The van der Waals surface area contributed by atoms with Gasteiger partial charge in [-0.15, -0.1) is 0 Å². The first-order valence-electron chi connectivity index (χ1n) is 8.37. The number of hydrogen-bond donors (Lipinski definition) is 2. The summed E-state index contributed by atoms with van der Waals surface area (Å²) in [6, 6.07) is 18.2. The molecule has 6 nitrogen and oxygen atoms in total. The van der Waals surface area contributed by atoms with Crippen LogP contribution in [0.15, 0.2) is 67.1 Å². The molecule has 128 valence electrons. The Hall–Kier alpha value is -3.54. The molecular formula is C20H18N6. The number of benzene rings is 2. The van der Waals surface area contributed by atoms with Crippen molar-refractivity contribution in [2.24, 2.45) is 0 Å². The molecule has 6 heteroatoms. The van der Waals surface area contributed by atoms with Crippen molar-refractivity contribution in [2.75, 3.05) is 10.6 Å². The summed E-state index contributed by atoms with van der Waals surface area (Å²) < 4.78 is 0. The van der Waals surface area contributed by atoms with E-state index in [1.807, 2.05) is 30.3 Å². The number of fused-ring (bicyclic) bond motifs is 1. The lowest BCUT2D eigenvalue weighted by molar-refractivity contribution is 1.06. The van der Waals surface area contributed by atoms with Crippen LogP contribution in [0.5, 0.6) is 0 Å². The molecule has 0 saturated carbocycles. The number of rotatable bonds is 5. The van der Waals surface area contributed by atoms with Crippen molar-refractivity contribution in [2.45, 2.75) is 13.5 Å². The standard InChI is InChI=1S/C20H18N6/c1-14-6-5-9-16(10-14)25-19-18-17(23-13-24-19)12-22-20(26-18)21-11-15-7-3-2-4-8-15/h2-10,12-13H,11H2,1H3,(H,21,22,26)(H,23,24,25). The number of aromatic nitrogens is 4. The van der Waals surface area contributed by atoms with Crippen LogP contribution in [0.4, 0.5) is 17.5 Å². The molecule has 2 heterocycles. The molecule has 0 atom stereocenters. The molecule has 0 saturated heterocycles. The molecule has 0 aliphatic rings. The minimum Gasteiger partial charge on any atom is -0.350 e. The molecule has 26 heavy (non-hydrogen) atoms. The van der Waals surface area contributed by atoms with E-state index >= 15 is 0 Å². The van der Waals surface area contributed by atoms with E-state index < -0.39 is 0 Å². The minimum absolute atomic E-state index is 0.545. The second-order valence-corrected chi connectivity index (χ2v) is 5.98. The van der Waals surface area contributed by atoms with E-state index in [2.05, 4.69) is 61.8 Å². The molecule has 0 amide bonds. The largest absolute Gasteiger partial charge is 0.350 e. The van der Waals surface area contributed by atoms with Crippen molar-refractivity contribution in [1.82, 2.24) is 19.9 Å². The molecule has 0 aliphatic carbocycles. The number of nitrogens with one attached hydrogen (secondary N) is 2. The Morgan fingerprint density at radius 2 is 1.81 bits per heavy atom. The van der Waals surface area contributed by atoms with Gasteiger partial charge in [0, 0.05) is 12.2 Å². The van der Waals surface area contributed by atoms with Crippen molar-refractivity contribution >= 4 is 28.5 Å². The van der Waals surface area contributed by atoms with Gasteiger partial charge in [-0.2, -0.15) is 0 Å². The maximum Gasteiger partial charge on any atom is 0.223 e. The van der Waals surface area contributed by atoms with Gasteiger partial charge >= 0.3 is 0 Å². The maximum absolute atomic E-state index is 4.60. The highest BCUT2D eigenvalue weighted by molar-refractivity contribution is 5.87. The smallest absolute Gasteiger partial charge is 0.223 e. The van der Waals surface area contributed by atoms with Gasteiger partial charge in [-0.05, 0) is 30.2 Å². The van der Waals surface area contributed by atoms with Crippen LogP contribution >= 0.6 is 0 Å². The fourth-order valence-corrected chi connectivity index (χ4v) is 2.67. The van der Waals surface area contributed by atoms with Crippen LogP contribution < -0.4 is 10.6 Å². The van der Waals surface area contributed by atoms with Crippen molar-refractivity contribution in [3.05, 3.63) is 78.2 Å². The quantitative estimate of drug-likeness (QED) is 0.569. The first kappa shape index (κ1) is 16.0. The van der Waals surface area contributed by atoms with Gasteiger partial charge in [-0.3, -0.25) is 0 Å². The third-order valence-corrected chi connectivity index (χ3v) is 3.95. The van der Waals surface area contributed by atoms with Gasteiger partial charge in [0.1, 0.15) is 17.4 Å². The highest BCUT2D eigenvalue weighted by Gasteiger charge is 2.08. The van der Waals surface area contributed by atoms with Crippen LogP contribution in [0.3, 0.4) is 0 Å². The molecule has 2 aromatic heterocycles. The monoisotopic (exact) mass is 342 g/mol. The van der Waals surface area contributed by atoms with Crippen molar-refractivity contribution < 1.29 is 0 Å². The topological polar surface area (TPSA) is 75.6 Å². The fraction of sp³-hybridized carbons (Fsp3) is 0.100. The summed E-state index contributed by atoms with van der Waals surface area (Å²) in [6.45, 7) is 2.71. The third-order valence-electron chi connectivity index (χ3n) is 3.95. The summed E-state index contributed by atoms with van der Waals surface area (Å²) >= 11 is 0. The van der Waals surface area contributed by atoms with E-state index in [1.165, 1.54) is 17.5 Å². The van der Waals surface area contributed by atoms with Crippen molar-refractivity contribution in [3.63, 3.8) is 0 Å². The lowest BCUT2D eigenvalue weighted by atomic mass is 10.2. The normalized spacial score (nSPS) is 10.7. The molecule has 0 spiro atoms. The summed E-state index contributed by atoms with van der Waals surface area (Å²) in [5.74, 6) is 1.20. The predicted octanol–water partition coefficient (Wildman–Crippen LogP) is 4.08.